The number of hydrogen-bond donors (Lipinski definition) is 2. The Kier molecular flexibility index (Phi) is 4.77. The SMILES string of the molecule is NC(=O)c1c(NC(=O)CSc2nnc3c4ccncc4c4ccccc4n23)sc2c1CCC2. The van der Waals surface area contributed by atoms with Gasteiger partial charge in [-0.3, -0.25) is 19.0 Å². The maximum atomic E-state index is 12.8. The summed E-state index contributed by atoms with van der Waals surface area (Å²) in [5.41, 5.74) is 8.73. The fraction of sp³-hybridized carbons (Fsp3) is 0.174. The van der Waals surface area contributed by atoms with Crippen LogP contribution in [0, 0.1) is 0 Å². The molecule has 1 aromatic carbocycles. The second kappa shape index (κ2) is 7.82. The van der Waals surface area contributed by atoms with Crippen LogP contribution in [0.15, 0.2) is 47.9 Å². The maximum absolute atomic E-state index is 12.8. The molecule has 0 atom stereocenters. The van der Waals surface area contributed by atoms with Crippen LogP contribution in [-0.2, 0) is 17.6 Å². The Hall–Kier alpha value is -3.50. The molecule has 10 heteroatoms. The molecule has 1 aliphatic carbocycles. The number of pyridine rings is 2. The second-order valence-electron chi connectivity index (χ2n) is 7.84. The molecule has 0 radical (unpaired) electrons. The summed E-state index contributed by atoms with van der Waals surface area (Å²) in [5.74, 6) is -0.577. The van der Waals surface area contributed by atoms with Crippen LogP contribution in [-0.4, -0.2) is 37.1 Å². The van der Waals surface area contributed by atoms with Crippen LogP contribution in [0.1, 0.15) is 27.2 Å². The van der Waals surface area contributed by atoms with Gasteiger partial charge in [0.2, 0.25) is 5.91 Å². The summed E-state index contributed by atoms with van der Waals surface area (Å²) in [7, 11) is 0. The van der Waals surface area contributed by atoms with Crippen LogP contribution in [0.2, 0.25) is 0 Å². The van der Waals surface area contributed by atoms with Crippen molar-refractivity contribution in [2.24, 2.45) is 5.73 Å². The van der Waals surface area contributed by atoms with Crippen LogP contribution in [0.5, 0.6) is 0 Å². The number of anilines is 1. The van der Waals surface area contributed by atoms with E-state index in [1.54, 1.807) is 6.20 Å². The van der Waals surface area contributed by atoms with E-state index < -0.39 is 5.91 Å². The Balaban J connectivity index is 1.32. The lowest BCUT2D eigenvalue weighted by Gasteiger charge is -2.09. The van der Waals surface area contributed by atoms with E-state index in [1.807, 2.05) is 40.9 Å². The minimum Gasteiger partial charge on any atom is -0.365 e. The Morgan fingerprint density at radius 1 is 1.12 bits per heavy atom. The van der Waals surface area contributed by atoms with E-state index in [0.717, 1.165) is 57.0 Å². The predicted molar refractivity (Wildman–Crippen MR) is 130 cm³/mol. The molecule has 3 N–H and O–H groups in total. The zero-order chi connectivity index (χ0) is 22.5. The van der Waals surface area contributed by atoms with E-state index in [9.17, 15) is 9.59 Å². The average molecular weight is 475 g/mol. The van der Waals surface area contributed by atoms with Crippen LogP contribution in [0.25, 0.3) is 27.3 Å². The van der Waals surface area contributed by atoms with Gasteiger partial charge in [-0.2, -0.15) is 0 Å². The third-order valence-electron chi connectivity index (χ3n) is 5.88. The van der Waals surface area contributed by atoms with E-state index in [1.165, 1.54) is 23.1 Å². The molecule has 0 spiro atoms. The number of aromatic nitrogens is 4. The van der Waals surface area contributed by atoms with Gasteiger partial charge in [0.15, 0.2) is 10.8 Å². The number of nitrogens with zero attached hydrogens (tertiary/aromatic N) is 4. The zero-order valence-electron chi connectivity index (χ0n) is 17.4. The fourth-order valence-corrected chi connectivity index (χ4v) is 6.56. The molecule has 164 valence electrons. The van der Waals surface area contributed by atoms with Crippen molar-refractivity contribution in [3.05, 3.63) is 58.7 Å². The van der Waals surface area contributed by atoms with E-state index in [4.69, 9.17) is 5.73 Å². The first kappa shape index (κ1) is 20.1. The molecule has 0 saturated heterocycles. The van der Waals surface area contributed by atoms with Crippen LogP contribution in [0.3, 0.4) is 0 Å². The van der Waals surface area contributed by atoms with Crippen molar-refractivity contribution in [1.82, 2.24) is 19.6 Å². The number of carbonyl (C=O) groups is 2. The standard InChI is InChI=1S/C23H18N6O2S2/c24-20(31)19-14-5-3-7-17(14)33-22(19)26-18(30)11-32-23-28-27-21-13-8-9-25-10-15(13)12-4-1-2-6-16(12)29(21)23/h1-2,4,6,8-10H,3,5,7,11H2,(H2,24,31)(H,26,30). The van der Waals surface area contributed by atoms with Gasteiger partial charge in [-0.15, -0.1) is 21.5 Å². The average Bonchev–Trinajstić information content (AvgIpc) is 3.52. The highest BCUT2D eigenvalue weighted by Crippen LogP contribution is 2.39. The van der Waals surface area contributed by atoms with E-state index in [2.05, 4.69) is 20.5 Å². The summed E-state index contributed by atoms with van der Waals surface area (Å²) in [5, 5.41) is 15.8. The van der Waals surface area contributed by atoms with Gasteiger partial charge in [0.05, 0.1) is 16.8 Å². The van der Waals surface area contributed by atoms with Crippen molar-refractivity contribution in [2.75, 3.05) is 11.1 Å². The second-order valence-corrected chi connectivity index (χ2v) is 9.89. The number of nitrogens with two attached hydrogens (primary N) is 1. The van der Waals surface area contributed by atoms with Gasteiger partial charge in [0, 0.05) is 33.4 Å². The summed E-state index contributed by atoms with van der Waals surface area (Å²) in [6.45, 7) is 0. The molecule has 6 rings (SSSR count). The molecule has 0 unspecified atom stereocenters. The lowest BCUT2D eigenvalue weighted by atomic mass is 10.1. The van der Waals surface area contributed by atoms with Crippen molar-refractivity contribution in [3.8, 4) is 0 Å². The fourth-order valence-electron chi connectivity index (χ4n) is 4.50. The zero-order valence-corrected chi connectivity index (χ0v) is 19.0. The predicted octanol–water partition coefficient (Wildman–Crippen LogP) is 3.81. The highest BCUT2D eigenvalue weighted by Gasteiger charge is 2.26. The van der Waals surface area contributed by atoms with Gasteiger partial charge in [-0.1, -0.05) is 30.0 Å². The number of benzene rings is 1. The minimum absolute atomic E-state index is 0.129. The molecular weight excluding hydrogens is 456 g/mol. The molecule has 0 fully saturated rings. The number of fused-ring (bicyclic) bond motifs is 7. The topological polar surface area (TPSA) is 115 Å². The van der Waals surface area contributed by atoms with Gasteiger partial charge in [-0.05, 0) is 37.0 Å². The summed E-state index contributed by atoms with van der Waals surface area (Å²) in [6, 6.07) is 9.93. The number of amides is 2. The lowest BCUT2D eigenvalue weighted by Crippen LogP contribution is -2.19. The molecule has 0 bridgehead atoms. The van der Waals surface area contributed by atoms with Crippen LogP contribution in [0.4, 0.5) is 5.00 Å². The highest BCUT2D eigenvalue weighted by atomic mass is 32.2. The lowest BCUT2D eigenvalue weighted by molar-refractivity contribution is -0.113. The smallest absolute Gasteiger partial charge is 0.251 e. The number of thiophene rings is 1. The molecule has 4 heterocycles. The van der Waals surface area contributed by atoms with Crippen molar-refractivity contribution in [3.63, 3.8) is 0 Å². The van der Waals surface area contributed by atoms with Crippen molar-refractivity contribution < 1.29 is 9.59 Å². The summed E-state index contributed by atoms with van der Waals surface area (Å²) in [4.78, 5) is 30.2. The van der Waals surface area contributed by atoms with E-state index in [0.29, 0.717) is 15.7 Å². The normalized spacial score (nSPS) is 13.1. The minimum atomic E-state index is -0.492. The molecular formula is C23H18N6O2S2. The molecule has 0 aliphatic heterocycles. The number of rotatable bonds is 5. The number of aryl methyl sites for hydroxylation is 1. The Morgan fingerprint density at radius 3 is 2.88 bits per heavy atom. The first-order valence-electron chi connectivity index (χ1n) is 10.5. The molecule has 5 aromatic rings. The molecule has 1 aliphatic rings. The van der Waals surface area contributed by atoms with Crippen molar-refractivity contribution in [1.29, 1.82) is 0 Å². The number of primary amides is 1. The van der Waals surface area contributed by atoms with Crippen molar-refractivity contribution >= 4 is 67.2 Å². The van der Waals surface area contributed by atoms with Gasteiger partial charge >= 0.3 is 0 Å². The van der Waals surface area contributed by atoms with Gasteiger partial charge in [-0.25, -0.2) is 0 Å². The largest absolute Gasteiger partial charge is 0.365 e. The highest BCUT2D eigenvalue weighted by molar-refractivity contribution is 7.99. The molecule has 0 saturated carbocycles. The summed E-state index contributed by atoms with van der Waals surface area (Å²) < 4.78 is 1.98. The van der Waals surface area contributed by atoms with Gasteiger partial charge in [0.25, 0.3) is 5.91 Å². The Labute approximate surface area is 196 Å². The number of para-hydroxylation sites is 1. The van der Waals surface area contributed by atoms with Crippen LogP contribution >= 0.6 is 23.1 Å². The van der Waals surface area contributed by atoms with Crippen LogP contribution < -0.4 is 11.1 Å². The Morgan fingerprint density at radius 2 is 2.00 bits per heavy atom. The number of nitrogens with one attached hydrogen (secondary N) is 1. The quantitative estimate of drug-likeness (QED) is 0.296. The number of hydrogen-bond acceptors (Lipinski definition) is 7. The molecule has 4 aromatic heterocycles. The third kappa shape index (κ3) is 3.25. The first-order valence-corrected chi connectivity index (χ1v) is 12.3. The summed E-state index contributed by atoms with van der Waals surface area (Å²) in [6.07, 6.45) is 6.34. The van der Waals surface area contributed by atoms with Gasteiger partial charge in [0.1, 0.15) is 5.00 Å². The number of thioether (sulfide) groups is 1. The van der Waals surface area contributed by atoms with E-state index >= 15 is 0 Å². The molecule has 33 heavy (non-hydrogen) atoms. The molecule has 8 nitrogen and oxygen atoms in total. The van der Waals surface area contributed by atoms with E-state index in [-0.39, 0.29) is 11.7 Å². The summed E-state index contributed by atoms with van der Waals surface area (Å²) >= 11 is 2.76. The van der Waals surface area contributed by atoms with Crippen molar-refractivity contribution in [2.45, 2.75) is 24.4 Å². The third-order valence-corrected chi connectivity index (χ3v) is 8.02. The first-order chi connectivity index (χ1) is 16.1. The Bertz CT molecular complexity index is 1590. The monoisotopic (exact) mass is 474 g/mol. The van der Waals surface area contributed by atoms with Gasteiger partial charge < -0.3 is 11.1 Å². The molecule has 2 amide bonds. The number of carbonyl (C=O) groups excluding carboxylic acids is 2. The maximum Gasteiger partial charge on any atom is 0.251 e.